The number of ether oxygens (including phenoxy) is 1. The van der Waals surface area contributed by atoms with E-state index in [4.69, 9.17) is 20.6 Å². The molecule has 0 spiro atoms. The topological polar surface area (TPSA) is 146 Å². The van der Waals surface area contributed by atoms with E-state index in [-0.39, 0.29) is 23.5 Å². The molecular formula is C23H23N7O3. The molecule has 0 radical (unpaired) electrons. The van der Waals surface area contributed by atoms with Gasteiger partial charge >= 0.3 is 0 Å². The Hall–Kier alpha value is -4.31. The third kappa shape index (κ3) is 4.65. The fraction of sp³-hybridized carbons (Fsp3) is 0.174. The summed E-state index contributed by atoms with van der Waals surface area (Å²) in [6.45, 7) is 0.736. The molecule has 0 bridgehead atoms. The van der Waals surface area contributed by atoms with Crippen LogP contribution < -0.4 is 16.2 Å². The zero-order valence-corrected chi connectivity index (χ0v) is 18.2. The lowest BCUT2D eigenvalue weighted by molar-refractivity contribution is 0.0827. The normalized spacial score (nSPS) is 10.8. The first-order valence-electron chi connectivity index (χ1n) is 10.2. The fourth-order valence-electron chi connectivity index (χ4n) is 3.16. The minimum atomic E-state index is -0.0952. The monoisotopic (exact) mass is 445 g/mol. The van der Waals surface area contributed by atoms with E-state index in [1.807, 2.05) is 18.2 Å². The van der Waals surface area contributed by atoms with Gasteiger partial charge in [0.05, 0.1) is 11.8 Å². The van der Waals surface area contributed by atoms with Crippen molar-refractivity contribution in [3.8, 4) is 40.0 Å². The molecule has 0 aliphatic carbocycles. The van der Waals surface area contributed by atoms with E-state index in [0.717, 1.165) is 5.56 Å². The molecule has 4 rings (SSSR count). The molecule has 1 amide bonds. The molecule has 0 saturated heterocycles. The molecule has 33 heavy (non-hydrogen) atoms. The van der Waals surface area contributed by atoms with Crippen LogP contribution in [0, 0.1) is 0 Å². The molecule has 0 saturated carbocycles. The Morgan fingerprint density at radius 3 is 2.48 bits per heavy atom. The van der Waals surface area contributed by atoms with Crippen LogP contribution in [0.25, 0.3) is 34.3 Å². The highest BCUT2D eigenvalue weighted by Gasteiger charge is 2.20. The van der Waals surface area contributed by atoms with Gasteiger partial charge in [-0.15, -0.1) is 10.2 Å². The molecule has 0 aliphatic rings. The Labute approximate surface area is 190 Å². The van der Waals surface area contributed by atoms with Crippen molar-refractivity contribution in [2.24, 2.45) is 5.73 Å². The van der Waals surface area contributed by atoms with Gasteiger partial charge in [-0.1, -0.05) is 24.3 Å². The lowest BCUT2D eigenvalue weighted by Crippen LogP contribution is -2.21. The van der Waals surface area contributed by atoms with Gasteiger partial charge < -0.3 is 25.5 Å². The van der Waals surface area contributed by atoms with Crippen LogP contribution in [0.4, 0.5) is 5.82 Å². The van der Waals surface area contributed by atoms with Crippen molar-refractivity contribution < 1.29 is 13.9 Å². The molecule has 0 unspecified atom stereocenters. The first-order chi connectivity index (χ1) is 16.0. The van der Waals surface area contributed by atoms with Crippen LogP contribution in [0.2, 0.25) is 0 Å². The molecule has 4 aromatic rings. The number of amides is 1. The maximum absolute atomic E-state index is 12.2. The number of hydrogen-bond acceptors (Lipinski definition) is 9. The van der Waals surface area contributed by atoms with Crippen LogP contribution in [-0.4, -0.2) is 58.2 Å². The highest BCUT2D eigenvalue weighted by molar-refractivity contribution is 5.94. The summed E-state index contributed by atoms with van der Waals surface area (Å²) in [7, 11) is 3.40. The molecule has 4 N–H and O–H groups in total. The number of benzene rings is 2. The first kappa shape index (κ1) is 21.9. The Balaban J connectivity index is 1.72. The molecule has 0 atom stereocenters. The van der Waals surface area contributed by atoms with Gasteiger partial charge in [-0.3, -0.25) is 4.79 Å². The van der Waals surface area contributed by atoms with E-state index in [1.54, 1.807) is 44.4 Å². The summed E-state index contributed by atoms with van der Waals surface area (Å²) in [6, 6.07) is 14.3. The highest BCUT2D eigenvalue weighted by Crippen LogP contribution is 2.33. The van der Waals surface area contributed by atoms with E-state index in [0.29, 0.717) is 41.4 Å². The molecule has 10 nitrogen and oxygen atoms in total. The number of anilines is 1. The van der Waals surface area contributed by atoms with Crippen molar-refractivity contribution in [1.82, 2.24) is 25.1 Å². The van der Waals surface area contributed by atoms with E-state index in [2.05, 4.69) is 20.2 Å². The first-order valence-corrected chi connectivity index (χ1v) is 10.2. The summed E-state index contributed by atoms with van der Waals surface area (Å²) in [6.07, 6.45) is 1.45. The van der Waals surface area contributed by atoms with E-state index < -0.39 is 0 Å². The third-order valence-electron chi connectivity index (χ3n) is 4.72. The van der Waals surface area contributed by atoms with Gasteiger partial charge in [-0.25, -0.2) is 9.97 Å². The molecule has 10 heteroatoms. The summed E-state index contributed by atoms with van der Waals surface area (Å²) < 4.78 is 11.6. The lowest BCUT2D eigenvalue weighted by atomic mass is 10.1. The second-order valence-electron chi connectivity index (χ2n) is 7.31. The van der Waals surface area contributed by atoms with Crippen LogP contribution in [-0.2, 0) is 0 Å². The van der Waals surface area contributed by atoms with Crippen molar-refractivity contribution in [3.05, 3.63) is 60.3 Å². The average molecular weight is 445 g/mol. The molecule has 2 aromatic heterocycles. The molecule has 0 aliphatic heterocycles. The number of aromatic nitrogens is 4. The van der Waals surface area contributed by atoms with Gasteiger partial charge in [0.1, 0.15) is 23.9 Å². The van der Waals surface area contributed by atoms with E-state index in [9.17, 15) is 4.79 Å². The minimum Gasteiger partial charge on any atom is -0.491 e. The van der Waals surface area contributed by atoms with Crippen LogP contribution >= 0.6 is 0 Å². The Morgan fingerprint density at radius 2 is 1.76 bits per heavy atom. The van der Waals surface area contributed by atoms with E-state index in [1.165, 1.54) is 11.1 Å². The number of nitrogens with two attached hydrogens (primary N) is 2. The predicted molar refractivity (Wildman–Crippen MR) is 123 cm³/mol. The summed E-state index contributed by atoms with van der Waals surface area (Å²) in [5, 5.41) is 8.33. The smallest absolute Gasteiger partial charge is 0.268 e. The lowest BCUT2D eigenvalue weighted by Gasteiger charge is -2.11. The number of carbonyl (C=O) groups excluding carboxylic acids is 1. The van der Waals surface area contributed by atoms with Crippen LogP contribution in [0.5, 0.6) is 5.75 Å². The SMILES string of the molecule is CN(C)C(=O)c1ccc(-c2ncc(N)nc2-c2nnc(-c3ccccc3OCCN)o2)cc1. The van der Waals surface area contributed by atoms with Gasteiger partial charge in [0, 0.05) is 31.8 Å². The standard InChI is InChI=1S/C23H23N7O3/c1-30(2)23(31)15-9-7-14(8-10-15)19-20(27-18(25)13-26-19)22-29-28-21(33-22)16-5-3-4-6-17(16)32-12-11-24/h3-10,13H,11-12,24H2,1-2H3,(H2,25,27). The van der Waals surface area contributed by atoms with Crippen molar-refractivity contribution >= 4 is 11.7 Å². The van der Waals surface area contributed by atoms with Crippen LogP contribution in [0.15, 0.2) is 59.1 Å². The van der Waals surface area contributed by atoms with Gasteiger partial charge in [0.15, 0.2) is 5.69 Å². The number of carbonyl (C=O) groups is 1. The third-order valence-corrected chi connectivity index (χ3v) is 4.72. The second-order valence-corrected chi connectivity index (χ2v) is 7.31. The highest BCUT2D eigenvalue weighted by atomic mass is 16.5. The van der Waals surface area contributed by atoms with Crippen molar-refractivity contribution in [2.45, 2.75) is 0 Å². The zero-order chi connectivity index (χ0) is 23.4. The summed E-state index contributed by atoms with van der Waals surface area (Å²) in [5.41, 5.74) is 14.2. The minimum absolute atomic E-state index is 0.0952. The fourth-order valence-corrected chi connectivity index (χ4v) is 3.16. The molecule has 2 heterocycles. The Bertz CT molecular complexity index is 1270. The van der Waals surface area contributed by atoms with E-state index >= 15 is 0 Å². The largest absolute Gasteiger partial charge is 0.491 e. The maximum Gasteiger partial charge on any atom is 0.268 e. The van der Waals surface area contributed by atoms with Gasteiger partial charge in [0.25, 0.3) is 17.7 Å². The predicted octanol–water partition coefficient (Wildman–Crippen LogP) is 2.48. The molecule has 168 valence electrons. The number of para-hydroxylation sites is 1. The zero-order valence-electron chi connectivity index (χ0n) is 18.2. The molecule has 0 fully saturated rings. The number of rotatable bonds is 7. The van der Waals surface area contributed by atoms with Gasteiger partial charge in [0.2, 0.25) is 0 Å². The van der Waals surface area contributed by atoms with Crippen LogP contribution in [0.1, 0.15) is 10.4 Å². The van der Waals surface area contributed by atoms with Crippen molar-refractivity contribution in [1.29, 1.82) is 0 Å². The van der Waals surface area contributed by atoms with Gasteiger partial charge in [-0.05, 0) is 24.3 Å². The summed E-state index contributed by atoms with van der Waals surface area (Å²) >= 11 is 0. The average Bonchev–Trinajstić information content (AvgIpc) is 3.32. The van der Waals surface area contributed by atoms with Crippen molar-refractivity contribution in [2.75, 3.05) is 33.0 Å². The quantitative estimate of drug-likeness (QED) is 0.438. The molecular weight excluding hydrogens is 422 g/mol. The Morgan fingerprint density at radius 1 is 1.03 bits per heavy atom. The van der Waals surface area contributed by atoms with Crippen molar-refractivity contribution in [3.63, 3.8) is 0 Å². The number of nitrogens with zero attached hydrogens (tertiary/aromatic N) is 5. The molecule has 2 aromatic carbocycles. The maximum atomic E-state index is 12.2. The summed E-state index contributed by atoms with van der Waals surface area (Å²) in [5.74, 6) is 1.11. The summed E-state index contributed by atoms with van der Waals surface area (Å²) in [4.78, 5) is 22.5. The Kier molecular flexibility index (Phi) is 6.27. The number of nitrogen functional groups attached to an aromatic ring is 1. The van der Waals surface area contributed by atoms with Crippen LogP contribution in [0.3, 0.4) is 0 Å². The van der Waals surface area contributed by atoms with Gasteiger partial charge in [-0.2, -0.15) is 0 Å². The number of hydrogen-bond donors (Lipinski definition) is 2. The second kappa shape index (κ2) is 9.45.